The van der Waals surface area contributed by atoms with Gasteiger partial charge in [0.05, 0.1) is 13.0 Å². The van der Waals surface area contributed by atoms with E-state index in [-0.39, 0.29) is 30.7 Å². The average Bonchev–Trinajstić information content (AvgIpc) is 2.71. The van der Waals surface area contributed by atoms with Gasteiger partial charge in [-0.3, -0.25) is 25.2 Å². The Morgan fingerprint density at radius 3 is 2.37 bits per heavy atom. The molecular formula is C21H25N3O3. The minimum Gasteiger partial charge on any atom is -0.347 e. The van der Waals surface area contributed by atoms with Crippen LogP contribution in [0.3, 0.4) is 0 Å². The van der Waals surface area contributed by atoms with Gasteiger partial charge in [-0.25, -0.2) is 0 Å². The lowest BCUT2D eigenvalue weighted by molar-refractivity contribution is -0.131. The molecule has 1 aliphatic carbocycles. The predicted molar refractivity (Wildman–Crippen MR) is 104 cm³/mol. The normalized spacial score (nSPS) is 14.5. The molecule has 2 aromatic rings. The topological polar surface area (TPSA) is 87.3 Å². The van der Waals surface area contributed by atoms with Crippen molar-refractivity contribution >= 4 is 28.5 Å². The summed E-state index contributed by atoms with van der Waals surface area (Å²) in [6, 6.07) is 13.6. The van der Waals surface area contributed by atoms with E-state index >= 15 is 0 Å². The fourth-order valence-electron chi connectivity index (χ4n) is 3.52. The fraction of sp³-hybridized carbons (Fsp3) is 0.381. The number of amides is 3. The van der Waals surface area contributed by atoms with Crippen molar-refractivity contribution in [3.8, 4) is 0 Å². The summed E-state index contributed by atoms with van der Waals surface area (Å²) in [7, 11) is 0. The van der Waals surface area contributed by atoms with Crippen LogP contribution in [0, 0.1) is 5.92 Å². The highest BCUT2D eigenvalue weighted by Crippen LogP contribution is 2.23. The number of hydrogen-bond donors (Lipinski definition) is 3. The first-order valence-electron chi connectivity index (χ1n) is 9.45. The lowest BCUT2D eigenvalue weighted by Gasteiger charge is -2.20. The molecule has 0 heterocycles. The molecule has 0 aliphatic heterocycles. The number of rotatable bonds is 5. The summed E-state index contributed by atoms with van der Waals surface area (Å²) in [6.45, 7) is -0.135. The van der Waals surface area contributed by atoms with Crippen LogP contribution in [0.2, 0.25) is 0 Å². The Balaban J connectivity index is 1.43. The minimum absolute atomic E-state index is 0.00695. The highest BCUT2D eigenvalue weighted by atomic mass is 16.2. The molecule has 3 rings (SSSR count). The maximum atomic E-state index is 12.1. The number of benzene rings is 2. The fourth-order valence-corrected chi connectivity index (χ4v) is 3.52. The summed E-state index contributed by atoms with van der Waals surface area (Å²) in [5, 5.41) is 4.73. The summed E-state index contributed by atoms with van der Waals surface area (Å²) < 4.78 is 0. The van der Waals surface area contributed by atoms with Gasteiger partial charge in [0.25, 0.3) is 5.91 Å². The van der Waals surface area contributed by atoms with Gasteiger partial charge in [0.1, 0.15) is 0 Å². The lowest BCUT2D eigenvalue weighted by atomic mass is 9.89. The van der Waals surface area contributed by atoms with Crippen molar-refractivity contribution in [1.82, 2.24) is 16.2 Å². The molecule has 0 saturated heterocycles. The Kier molecular flexibility index (Phi) is 6.41. The zero-order chi connectivity index (χ0) is 19.1. The van der Waals surface area contributed by atoms with E-state index in [1.807, 2.05) is 42.5 Å². The van der Waals surface area contributed by atoms with E-state index in [1.165, 1.54) is 6.42 Å². The van der Waals surface area contributed by atoms with Gasteiger partial charge < -0.3 is 5.32 Å². The van der Waals surface area contributed by atoms with Crippen LogP contribution >= 0.6 is 0 Å². The molecule has 6 nitrogen and oxygen atoms in total. The number of hydrazine groups is 1. The smallest absolute Gasteiger partial charge is 0.257 e. The molecule has 2 aromatic carbocycles. The zero-order valence-corrected chi connectivity index (χ0v) is 15.3. The van der Waals surface area contributed by atoms with Crippen LogP contribution in [0.1, 0.15) is 37.7 Å². The van der Waals surface area contributed by atoms with Gasteiger partial charge in [0, 0.05) is 5.92 Å². The van der Waals surface area contributed by atoms with Crippen molar-refractivity contribution in [3.63, 3.8) is 0 Å². The van der Waals surface area contributed by atoms with Crippen LogP contribution in [0.5, 0.6) is 0 Å². The van der Waals surface area contributed by atoms with Crippen LogP contribution in [0.25, 0.3) is 10.8 Å². The lowest BCUT2D eigenvalue weighted by Crippen LogP contribution is -2.47. The molecule has 1 fully saturated rings. The zero-order valence-electron chi connectivity index (χ0n) is 15.3. The summed E-state index contributed by atoms with van der Waals surface area (Å²) >= 11 is 0. The molecule has 0 bridgehead atoms. The molecule has 0 spiro atoms. The molecule has 0 aromatic heterocycles. The van der Waals surface area contributed by atoms with Gasteiger partial charge in [0.2, 0.25) is 11.8 Å². The van der Waals surface area contributed by atoms with E-state index in [1.54, 1.807) is 0 Å². The van der Waals surface area contributed by atoms with Crippen molar-refractivity contribution in [3.05, 3.63) is 48.0 Å². The maximum Gasteiger partial charge on any atom is 0.257 e. The number of nitrogens with one attached hydrogen (secondary N) is 3. The van der Waals surface area contributed by atoms with Crippen molar-refractivity contribution in [2.45, 2.75) is 38.5 Å². The van der Waals surface area contributed by atoms with Crippen LogP contribution in [0.15, 0.2) is 42.5 Å². The van der Waals surface area contributed by atoms with Crippen LogP contribution in [-0.2, 0) is 20.8 Å². The number of hydrogen-bond acceptors (Lipinski definition) is 3. The van der Waals surface area contributed by atoms with E-state index < -0.39 is 5.91 Å². The largest absolute Gasteiger partial charge is 0.347 e. The second-order valence-corrected chi connectivity index (χ2v) is 6.96. The van der Waals surface area contributed by atoms with Crippen molar-refractivity contribution in [2.75, 3.05) is 6.54 Å². The predicted octanol–water partition coefficient (Wildman–Crippen LogP) is 2.23. The van der Waals surface area contributed by atoms with E-state index in [9.17, 15) is 14.4 Å². The van der Waals surface area contributed by atoms with Crippen molar-refractivity contribution in [1.29, 1.82) is 0 Å². The van der Waals surface area contributed by atoms with E-state index in [0.717, 1.165) is 42.0 Å². The number of fused-ring (bicyclic) bond motifs is 1. The standard InChI is InChI=1S/C21H25N3O3/c25-19(13-17-11-6-10-15-7-4-5-12-18(15)17)23-24-20(26)14-22-21(27)16-8-2-1-3-9-16/h4-7,10-12,16H,1-3,8-9,13-14H2,(H,22,27)(H,23,25)(H,24,26). The Labute approximate surface area is 158 Å². The second-order valence-electron chi connectivity index (χ2n) is 6.96. The van der Waals surface area contributed by atoms with Gasteiger partial charge >= 0.3 is 0 Å². The van der Waals surface area contributed by atoms with Crippen molar-refractivity contribution < 1.29 is 14.4 Å². The molecule has 3 N–H and O–H groups in total. The van der Waals surface area contributed by atoms with Gasteiger partial charge in [0.15, 0.2) is 0 Å². The average molecular weight is 367 g/mol. The summed E-state index contributed by atoms with van der Waals surface area (Å²) in [5.41, 5.74) is 5.66. The third-order valence-corrected chi connectivity index (χ3v) is 4.97. The van der Waals surface area contributed by atoms with Crippen LogP contribution < -0.4 is 16.2 Å². The Morgan fingerprint density at radius 1 is 0.852 bits per heavy atom. The maximum absolute atomic E-state index is 12.1. The first-order valence-corrected chi connectivity index (χ1v) is 9.45. The van der Waals surface area contributed by atoms with Gasteiger partial charge in [-0.05, 0) is 29.2 Å². The van der Waals surface area contributed by atoms with Crippen molar-refractivity contribution in [2.24, 2.45) is 5.92 Å². The van der Waals surface area contributed by atoms with E-state index in [2.05, 4.69) is 16.2 Å². The minimum atomic E-state index is -0.439. The van der Waals surface area contributed by atoms with Gasteiger partial charge in [-0.15, -0.1) is 0 Å². The Bertz CT molecular complexity index is 823. The Hall–Kier alpha value is -2.89. The molecule has 1 saturated carbocycles. The van der Waals surface area contributed by atoms with Gasteiger partial charge in [-0.1, -0.05) is 61.7 Å². The molecule has 0 atom stereocenters. The number of carbonyl (C=O) groups excluding carboxylic acids is 3. The molecule has 6 heteroatoms. The van der Waals surface area contributed by atoms with Crippen LogP contribution in [-0.4, -0.2) is 24.3 Å². The summed E-state index contributed by atoms with van der Waals surface area (Å²) in [5.74, 6) is -0.817. The molecule has 27 heavy (non-hydrogen) atoms. The monoisotopic (exact) mass is 367 g/mol. The first kappa shape index (κ1) is 18.9. The summed E-state index contributed by atoms with van der Waals surface area (Å²) in [6.07, 6.45) is 5.23. The number of carbonyl (C=O) groups is 3. The molecule has 0 unspecified atom stereocenters. The molecule has 142 valence electrons. The van der Waals surface area contributed by atoms with E-state index in [4.69, 9.17) is 0 Å². The second kappa shape index (κ2) is 9.16. The molecule has 1 aliphatic rings. The third-order valence-electron chi connectivity index (χ3n) is 4.97. The molecule has 0 radical (unpaired) electrons. The quantitative estimate of drug-likeness (QED) is 0.708. The van der Waals surface area contributed by atoms with E-state index in [0.29, 0.717) is 0 Å². The van der Waals surface area contributed by atoms with Gasteiger partial charge in [-0.2, -0.15) is 0 Å². The van der Waals surface area contributed by atoms with Crippen LogP contribution in [0.4, 0.5) is 0 Å². The SMILES string of the molecule is O=C(CNC(=O)C1CCCCC1)NNC(=O)Cc1cccc2ccccc12. The molecular weight excluding hydrogens is 342 g/mol. The molecule has 3 amide bonds. The third kappa shape index (κ3) is 5.29. The first-order chi connectivity index (χ1) is 13.1. The highest BCUT2D eigenvalue weighted by Gasteiger charge is 2.21. The Morgan fingerprint density at radius 2 is 1.56 bits per heavy atom. The summed E-state index contributed by atoms with van der Waals surface area (Å²) in [4.78, 5) is 36.0. The highest BCUT2D eigenvalue weighted by molar-refractivity contribution is 5.91.